The molecule has 3 aliphatic heterocycles. The predicted octanol–water partition coefficient (Wildman–Crippen LogP) is 3.09. The van der Waals surface area contributed by atoms with Crippen LogP contribution < -0.4 is 17.0 Å². The lowest BCUT2D eigenvalue weighted by Gasteiger charge is -2.58. The molecule has 0 unspecified atom stereocenters. The Morgan fingerprint density at radius 3 is 2.64 bits per heavy atom. The number of hydrogen-bond donors (Lipinski definition) is 0. The maximum atomic E-state index is 6.62. The van der Waals surface area contributed by atoms with Crippen molar-refractivity contribution in [1.29, 1.82) is 0 Å². The number of fused-ring (bicyclic) bond motifs is 4. The van der Waals surface area contributed by atoms with E-state index in [-0.39, 0.29) is 23.1 Å². The second kappa shape index (κ2) is 10.3. The summed E-state index contributed by atoms with van der Waals surface area (Å²) in [6, 6.07) is 22.0. The van der Waals surface area contributed by atoms with Gasteiger partial charge < -0.3 is 26.2 Å². The van der Waals surface area contributed by atoms with E-state index >= 15 is 0 Å². The fourth-order valence-corrected chi connectivity index (χ4v) is 6.26. The Morgan fingerprint density at radius 1 is 1.06 bits per heavy atom. The van der Waals surface area contributed by atoms with Crippen molar-refractivity contribution in [3.05, 3.63) is 103 Å². The molecule has 1 aromatic heterocycles. The number of quaternary nitrogens is 1. The molecule has 3 nitrogen and oxygen atoms in total. The van der Waals surface area contributed by atoms with Crippen LogP contribution in [0.2, 0.25) is 0 Å². The SMILES string of the molecule is C=CCO[C@H](c1ccnc2ccccc12)[C@@H]1C[C@@H]2CC[N@@+]1(Cc1ccccc1)C[C@@H]2C=C.[Br-]. The van der Waals surface area contributed by atoms with E-state index in [0.29, 0.717) is 24.5 Å². The number of nitrogens with zero attached hydrogens (tertiary/aromatic N) is 2. The van der Waals surface area contributed by atoms with E-state index in [4.69, 9.17) is 4.74 Å². The zero-order valence-corrected chi connectivity index (χ0v) is 20.7. The molecule has 0 saturated carbocycles. The fourth-order valence-electron chi connectivity index (χ4n) is 6.26. The lowest BCUT2D eigenvalue weighted by Crippen LogP contribution is -3.00. The molecule has 33 heavy (non-hydrogen) atoms. The van der Waals surface area contributed by atoms with E-state index in [1.165, 1.54) is 35.9 Å². The summed E-state index contributed by atoms with van der Waals surface area (Å²) >= 11 is 0. The molecule has 2 bridgehead atoms. The number of benzene rings is 2. The van der Waals surface area contributed by atoms with Gasteiger partial charge in [-0.05, 0) is 23.6 Å². The van der Waals surface area contributed by atoms with E-state index < -0.39 is 0 Å². The average molecular weight is 506 g/mol. The van der Waals surface area contributed by atoms with Crippen LogP contribution in [-0.4, -0.2) is 35.2 Å². The van der Waals surface area contributed by atoms with Crippen molar-refractivity contribution in [3.8, 4) is 0 Å². The van der Waals surface area contributed by atoms with Gasteiger partial charge in [0.25, 0.3) is 0 Å². The Morgan fingerprint density at radius 2 is 1.85 bits per heavy atom. The van der Waals surface area contributed by atoms with Crippen molar-refractivity contribution >= 4 is 10.9 Å². The molecule has 0 aliphatic carbocycles. The maximum absolute atomic E-state index is 6.62. The van der Waals surface area contributed by atoms with Crippen LogP contribution in [0, 0.1) is 11.8 Å². The van der Waals surface area contributed by atoms with Gasteiger partial charge in [0.15, 0.2) is 0 Å². The van der Waals surface area contributed by atoms with Crippen LogP contribution in [0.4, 0.5) is 0 Å². The highest BCUT2D eigenvalue weighted by atomic mass is 79.9. The molecule has 3 saturated heterocycles. The van der Waals surface area contributed by atoms with Crippen LogP contribution >= 0.6 is 0 Å². The highest BCUT2D eigenvalue weighted by Crippen LogP contribution is 2.49. The Hall–Kier alpha value is -2.27. The smallest absolute Gasteiger partial charge is 0.135 e. The van der Waals surface area contributed by atoms with Crippen LogP contribution in [0.25, 0.3) is 10.9 Å². The first-order valence-corrected chi connectivity index (χ1v) is 11.8. The number of para-hydroxylation sites is 1. The minimum atomic E-state index is 0. The number of aromatic nitrogens is 1. The molecule has 0 spiro atoms. The van der Waals surface area contributed by atoms with Gasteiger partial charge in [-0.15, -0.1) is 13.2 Å². The largest absolute Gasteiger partial charge is 1.00 e. The number of piperidine rings is 3. The van der Waals surface area contributed by atoms with Crippen molar-refractivity contribution in [3.63, 3.8) is 0 Å². The Bertz CT molecular complexity index is 1100. The summed E-state index contributed by atoms with van der Waals surface area (Å²) in [7, 11) is 0. The molecule has 3 aliphatic rings. The van der Waals surface area contributed by atoms with Crippen LogP contribution in [0.5, 0.6) is 0 Å². The van der Waals surface area contributed by atoms with Gasteiger partial charge in [-0.3, -0.25) is 4.98 Å². The minimum absolute atomic E-state index is 0. The zero-order valence-electron chi connectivity index (χ0n) is 19.2. The number of pyridine rings is 1. The van der Waals surface area contributed by atoms with E-state index in [1.807, 2.05) is 12.3 Å². The molecule has 0 amide bonds. The Kier molecular flexibility index (Phi) is 7.48. The number of halogens is 1. The summed E-state index contributed by atoms with van der Waals surface area (Å²) < 4.78 is 7.69. The third-order valence-corrected chi connectivity index (χ3v) is 7.75. The van der Waals surface area contributed by atoms with E-state index in [2.05, 4.69) is 84.9 Å². The standard InChI is InChI=1S/C29H33N2O.BrH/c1-3-18-32-29(26-14-16-30-27-13-9-8-12-25(26)27)28-19-24-15-17-31(28,21-23(24)4-2)20-22-10-6-5-7-11-22;/h3-14,16,23-24,28-29H,1-2,15,17-21H2;1H/q+1;/p-1/t23-,24-,28-,29+,31+;/m0./s1. The normalized spacial score (nSPS) is 27.0. The number of rotatable bonds is 8. The molecule has 0 radical (unpaired) electrons. The summed E-state index contributed by atoms with van der Waals surface area (Å²) in [6.07, 6.45) is 8.47. The molecular weight excluding hydrogens is 472 g/mol. The van der Waals surface area contributed by atoms with E-state index in [1.54, 1.807) is 0 Å². The highest BCUT2D eigenvalue weighted by molar-refractivity contribution is 5.82. The van der Waals surface area contributed by atoms with Crippen molar-refractivity contribution in [2.75, 3.05) is 19.7 Å². The van der Waals surface area contributed by atoms with Gasteiger partial charge in [0.1, 0.15) is 18.7 Å². The summed E-state index contributed by atoms with van der Waals surface area (Å²) in [5.41, 5.74) is 3.70. The maximum Gasteiger partial charge on any atom is 0.135 e. The Balaban J connectivity index is 0.00000259. The van der Waals surface area contributed by atoms with Crippen molar-refractivity contribution < 1.29 is 26.2 Å². The predicted molar refractivity (Wildman–Crippen MR) is 131 cm³/mol. The third-order valence-electron chi connectivity index (χ3n) is 7.75. The van der Waals surface area contributed by atoms with Crippen molar-refractivity contribution in [2.45, 2.75) is 31.5 Å². The summed E-state index contributed by atoms with van der Waals surface area (Å²) in [6.45, 7) is 12.1. The molecule has 172 valence electrons. The van der Waals surface area contributed by atoms with Gasteiger partial charge in [0.05, 0.1) is 25.2 Å². The summed E-state index contributed by atoms with van der Waals surface area (Å²) in [4.78, 5) is 4.61. The van der Waals surface area contributed by atoms with Crippen LogP contribution in [0.15, 0.2) is 92.2 Å². The van der Waals surface area contributed by atoms with Crippen LogP contribution in [0.1, 0.15) is 30.1 Å². The summed E-state index contributed by atoms with van der Waals surface area (Å²) in [5.74, 6) is 1.27. The lowest BCUT2D eigenvalue weighted by atomic mass is 9.71. The van der Waals surface area contributed by atoms with E-state index in [0.717, 1.165) is 23.1 Å². The number of hydrogen-bond acceptors (Lipinski definition) is 2. The second-order valence-corrected chi connectivity index (χ2v) is 9.48. The quantitative estimate of drug-likeness (QED) is 0.347. The van der Waals surface area contributed by atoms with Gasteiger partial charge >= 0.3 is 0 Å². The highest BCUT2D eigenvalue weighted by Gasteiger charge is 2.54. The average Bonchev–Trinajstić information content (AvgIpc) is 2.85. The molecule has 3 aromatic rings. The second-order valence-electron chi connectivity index (χ2n) is 9.48. The van der Waals surface area contributed by atoms with Crippen molar-refractivity contribution in [1.82, 2.24) is 4.98 Å². The van der Waals surface area contributed by atoms with Crippen LogP contribution in [0.3, 0.4) is 0 Å². The molecule has 3 fully saturated rings. The number of ether oxygens (including phenoxy) is 1. The Labute approximate surface area is 208 Å². The van der Waals surface area contributed by atoms with Crippen molar-refractivity contribution in [2.24, 2.45) is 11.8 Å². The van der Waals surface area contributed by atoms with Gasteiger partial charge in [-0.1, -0.05) is 60.7 Å². The molecule has 5 atom stereocenters. The van der Waals surface area contributed by atoms with E-state index in [9.17, 15) is 0 Å². The lowest BCUT2D eigenvalue weighted by molar-refractivity contribution is -0.985. The van der Waals surface area contributed by atoms with Gasteiger partial charge in [0.2, 0.25) is 0 Å². The molecular formula is C29H33BrN2O. The summed E-state index contributed by atoms with van der Waals surface area (Å²) in [5, 5.41) is 1.20. The van der Waals surface area contributed by atoms with Gasteiger partial charge in [0, 0.05) is 35.9 Å². The molecule has 4 heteroatoms. The van der Waals surface area contributed by atoms with Gasteiger partial charge in [-0.2, -0.15) is 0 Å². The zero-order chi connectivity index (χ0) is 22.0. The minimum Gasteiger partial charge on any atom is -1.00 e. The first-order chi connectivity index (χ1) is 15.7. The molecule has 0 N–H and O–H groups in total. The molecule has 6 rings (SSSR count). The van der Waals surface area contributed by atoms with Crippen LogP contribution in [-0.2, 0) is 11.3 Å². The monoisotopic (exact) mass is 504 g/mol. The first kappa shape index (κ1) is 23.9. The molecule has 2 aromatic carbocycles. The third kappa shape index (κ3) is 4.57. The molecule has 4 heterocycles. The van der Waals surface area contributed by atoms with Gasteiger partial charge in [-0.25, -0.2) is 0 Å². The topological polar surface area (TPSA) is 22.1 Å². The first-order valence-electron chi connectivity index (χ1n) is 11.8. The fraction of sp³-hybridized carbons (Fsp3) is 0.345.